The lowest BCUT2D eigenvalue weighted by atomic mass is 9.93. The number of thiocarbonyl (C=S) groups is 1. The van der Waals surface area contributed by atoms with E-state index in [1.165, 1.54) is 0 Å². The summed E-state index contributed by atoms with van der Waals surface area (Å²) in [6.45, 7) is 1.79. The minimum Gasteiger partial charge on any atom is -0.508 e. The molecule has 0 saturated heterocycles. The molecule has 0 fully saturated rings. The van der Waals surface area contributed by atoms with Crippen LogP contribution in [0.2, 0.25) is 0 Å². The Hall–Kier alpha value is -2.02. The molecule has 3 rings (SSSR count). The van der Waals surface area contributed by atoms with Crippen molar-refractivity contribution in [3.63, 3.8) is 0 Å². The standard InChI is InChI=1S/C22H25N2O3PS2/c1-3-26-28(30,27-4-2)24-22(29)23-21(17-11-6-5-7-12-17)20-18-13-9-8-10-16(18)14-15-19(20)25/h5-15,21,25H,3-4H2,1-2H3,(H2,23,24,29,30)/t21-/m0/s1. The molecule has 0 aromatic heterocycles. The minimum atomic E-state index is -2.76. The molecule has 5 nitrogen and oxygen atoms in total. The number of hydrogen-bond acceptors (Lipinski definition) is 5. The van der Waals surface area contributed by atoms with Gasteiger partial charge in [0.05, 0.1) is 19.3 Å². The van der Waals surface area contributed by atoms with E-state index in [9.17, 15) is 5.11 Å². The number of aromatic hydroxyl groups is 1. The highest BCUT2D eigenvalue weighted by Crippen LogP contribution is 2.44. The molecule has 0 amide bonds. The Balaban J connectivity index is 2.01. The Morgan fingerprint density at radius 1 is 0.967 bits per heavy atom. The van der Waals surface area contributed by atoms with Crippen molar-refractivity contribution in [2.24, 2.45) is 0 Å². The first-order chi connectivity index (χ1) is 14.5. The van der Waals surface area contributed by atoms with Gasteiger partial charge < -0.3 is 19.5 Å². The zero-order valence-electron chi connectivity index (χ0n) is 16.9. The SMILES string of the molecule is CCOP(=S)(NC(=S)N[C@@H](c1ccccc1)c1c(O)ccc2ccccc12)OCC. The number of hydrogen-bond donors (Lipinski definition) is 3. The number of phenolic OH excluding ortho intramolecular Hbond substituents is 1. The molecule has 0 aliphatic rings. The van der Waals surface area contributed by atoms with Crippen LogP contribution in [0.3, 0.4) is 0 Å². The average Bonchev–Trinajstić information content (AvgIpc) is 2.73. The Morgan fingerprint density at radius 2 is 1.60 bits per heavy atom. The van der Waals surface area contributed by atoms with Crippen LogP contribution in [0.25, 0.3) is 10.8 Å². The highest BCUT2D eigenvalue weighted by Gasteiger charge is 2.24. The van der Waals surface area contributed by atoms with Crippen LogP contribution in [0.1, 0.15) is 31.0 Å². The molecule has 0 spiro atoms. The van der Waals surface area contributed by atoms with Gasteiger partial charge in [-0.1, -0.05) is 60.7 Å². The van der Waals surface area contributed by atoms with Gasteiger partial charge in [0.15, 0.2) is 5.11 Å². The number of rotatable bonds is 8. The van der Waals surface area contributed by atoms with Crippen molar-refractivity contribution in [2.75, 3.05) is 13.2 Å². The maximum absolute atomic E-state index is 10.8. The molecular weight excluding hydrogens is 435 g/mol. The summed E-state index contributed by atoms with van der Waals surface area (Å²) in [6, 6.07) is 21.0. The zero-order chi connectivity index (χ0) is 21.6. The quantitative estimate of drug-likeness (QED) is 0.307. The number of nitrogens with one attached hydrogen (secondary N) is 2. The van der Waals surface area contributed by atoms with Crippen molar-refractivity contribution in [2.45, 2.75) is 19.9 Å². The second kappa shape index (κ2) is 10.3. The van der Waals surface area contributed by atoms with E-state index in [2.05, 4.69) is 10.4 Å². The van der Waals surface area contributed by atoms with Gasteiger partial charge in [0.2, 0.25) is 0 Å². The summed E-state index contributed by atoms with van der Waals surface area (Å²) in [5.41, 5.74) is 1.69. The van der Waals surface area contributed by atoms with Gasteiger partial charge in [-0.15, -0.1) is 0 Å². The van der Waals surface area contributed by atoms with E-state index in [-0.39, 0.29) is 5.75 Å². The summed E-state index contributed by atoms with van der Waals surface area (Å²) in [5, 5.41) is 19.4. The van der Waals surface area contributed by atoms with E-state index in [0.29, 0.717) is 18.3 Å². The summed E-state index contributed by atoms with van der Waals surface area (Å²) in [7, 11) is 0. The van der Waals surface area contributed by atoms with Crippen LogP contribution in [0.4, 0.5) is 0 Å². The van der Waals surface area contributed by atoms with Gasteiger partial charge in [0, 0.05) is 5.56 Å². The van der Waals surface area contributed by atoms with E-state index >= 15 is 0 Å². The van der Waals surface area contributed by atoms with Crippen LogP contribution in [-0.4, -0.2) is 23.4 Å². The highest BCUT2D eigenvalue weighted by molar-refractivity contribution is 8.09. The molecule has 1 atom stereocenters. The predicted molar refractivity (Wildman–Crippen MR) is 130 cm³/mol. The lowest BCUT2D eigenvalue weighted by Crippen LogP contribution is -2.37. The first kappa shape index (κ1) is 22.7. The summed E-state index contributed by atoms with van der Waals surface area (Å²) in [5.74, 6) is 0.187. The molecule has 0 aliphatic heterocycles. The largest absolute Gasteiger partial charge is 0.508 e. The number of phenols is 1. The smallest absolute Gasteiger partial charge is 0.289 e. The first-order valence-electron chi connectivity index (χ1n) is 9.71. The predicted octanol–water partition coefficient (Wildman–Crippen LogP) is 5.40. The first-order valence-corrected chi connectivity index (χ1v) is 12.8. The summed E-state index contributed by atoms with van der Waals surface area (Å²) in [6.07, 6.45) is 0. The van der Waals surface area contributed by atoms with Gasteiger partial charge >= 0.3 is 0 Å². The molecule has 3 aromatic rings. The average molecular weight is 461 g/mol. The zero-order valence-corrected chi connectivity index (χ0v) is 19.4. The van der Waals surface area contributed by atoms with Gasteiger partial charge in [-0.2, -0.15) is 0 Å². The monoisotopic (exact) mass is 460 g/mol. The molecule has 0 bridgehead atoms. The second-order valence-corrected chi connectivity index (χ2v) is 10.1. The molecule has 0 unspecified atom stereocenters. The highest BCUT2D eigenvalue weighted by atomic mass is 32.5. The minimum absolute atomic E-state index is 0.187. The van der Waals surface area contributed by atoms with Crippen molar-refractivity contribution >= 4 is 46.6 Å². The molecule has 0 heterocycles. The summed E-state index contributed by atoms with van der Waals surface area (Å²) >= 11 is 11.1. The van der Waals surface area contributed by atoms with Crippen molar-refractivity contribution in [3.8, 4) is 5.75 Å². The molecule has 0 aliphatic carbocycles. The molecule has 8 heteroatoms. The van der Waals surface area contributed by atoms with Gasteiger partial charge in [-0.25, -0.2) is 0 Å². The normalized spacial score (nSPS) is 12.5. The van der Waals surface area contributed by atoms with Crippen molar-refractivity contribution in [3.05, 3.63) is 77.9 Å². The Morgan fingerprint density at radius 3 is 2.27 bits per heavy atom. The molecule has 0 radical (unpaired) electrons. The lowest BCUT2D eigenvalue weighted by Gasteiger charge is -2.27. The van der Waals surface area contributed by atoms with Crippen LogP contribution < -0.4 is 10.4 Å². The Labute approximate surface area is 187 Å². The fourth-order valence-corrected chi connectivity index (χ4v) is 6.04. The van der Waals surface area contributed by atoms with Gasteiger partial charge in [-0.05, 0) is 60.3 Å². The second-order valence-electron chi connectivity index (χ2n) is 6.48. The summed E-state index contributed by atoms with van der Waals surface area (Å²) < 4.78 is 11.3. The summed E-state index contributed by atoms with van der Waals surface area (Å²) in [4.78, 5) is 0. The third-order valence-corrected chi connectivity index (χ3v) is 7.45. The molecular formula is C22H25N2O3PS2. The van der Waals surface area contributed by atoms with Gasteiger partial charge in [0.1, 0.15) is 5.75 Å². The molecule has 30 heavy (non-hydrogen) atoms. The van der Waals surface area contributed by atoms with Gasteiger partial charge in [-0.3, -0.25) is 5.09 Å². The van der Waals surface area contributed by atoms with Crippen LogP contribution in [0, 0.1) is 0 Å². The Bertz CT molecular complexity index is 1050. The Kier molecular flexibility index (Phi) is 7.81. The van der Waals surface area contributed by atoms with Crippen molar-refractivity contribution in [1.29, 1.82) is 0 Å². The van der Waals surface area contributed by atoms with E-state index in [4.69, 9.17) is 33.1 Å². The van der Waals surface area contributed by atoms with Crippen LogP contribution in [-0.2, 0) is 20.9 Å². The molecule has 3 N–H and O–H groups in total. The van der Waals surface area contributed by atoms with Crippen LogP contribution >= 0.6 is 18.9 Å². The van der Waals surface area contributed by atoms with Crippen molar-refractivity contribution < 1.29 is 14.2 Å². The van der Waals surface area contributed by atoms with E-state index in [1.807, 2.05) is 74.5 Å². The number of fused-ring (bicyclic) bond motifs is 1. The topological polar surface area (TPSA) is 62.8 Å². The third-order valence-electron chi connectivity index (χ3n) is 4.48. The lowest BCUT2D eigenvalue weighted by molar-refractivity contribution is 0.263. The van der Waals surface area contributed by atoms with Crippen LogP contribution in [0.5, 0.6) is 5.75 Å². The maximum atomic E-state index is 10.8. The van der Waals surface area contributed by atoms with E-state index in [1.54, 1.807) is 6.07 Å². The molecule has 3 aromatic carbocycles. The van der Waals surface area contributed by atoms with Gasteiger partial charge in [0.25, 0.3) is 6.64 Å². The number of benzene rings is 3. The third kappa shape index (κ3) is 5.36. The van der Waals surface area contributed by atoms with E-state index in [0.717, 1.165) is 21.9 Å². The fraction of sp³-hybridized carbons (Fsp3) is 0.227. The molecule has 158 valence electrons. The fourth-order valence-electron chi connectivity index (χ4n) is 3.28. The van der Waals surface area contributed by atoms with E-state index < -0.39 is 12.7 Å². The molecule has 0 saturated carbocycles. The van der Waals surface area contributed by atoms with Crippen molar-refractivity contribution in [1.82, 2.24) is 10.4 Å². The maximum Gasteiger partial charge on any atom is 0.289 e. The van der Waals surface area contributed by atoms with Crippen LogP contribution in [0.15, 0.2) is 66.7 Å².